The maximum atomic E-state index is 13.2. The zero-order chi connectivity index (χ0) is 18.5. The molecule has 0 aliphatic heterocycles. The molecule has 0 atom stereocenters. The number of rotatable bonds is 5. The quantitative estimate of drug-likeness (QED) is 0.668. The molecular formula is C18H13Cl2FN4O. The fourth-order valence-electron chi connectivity index (χ4n) is 2.11. The number of carbonyl (C=O) groups is 1. The maximum Gasteiger partial charge on any atom is 0.271 e. The van der Waals surface area contributed by atoms with Gasteiger partial charge in [-0.05, 0) is 35.9 Å². The number of hydrogen-bond donors (Lipinski definition) is 2. The van der Waals surface area contributed by atoms with Gasteiger partial charge in [-0.3, -0.25) is 4.79 Å². The van der Waals surface area contributed by atoms with Crippen LogP contribution in [0.1, 0.15) is 16.1 Å². The smallest absolute Gasteiger partial charge is 0.271 e. The van der Waals surface area contributed by atoms with Crippen molar-refractivity contribution in [3.63, 3.8) is 0 Å². The summed E-state index contributed by atoms with van der Waals surface area (Å²) in [5.41, 5.74) is 1.66. The number of nitrogens with one attached hydrogen (secondary N) is 2. The second-order valence-electron chi connectivity index (χ2n) is 5.35. The van der Waals surface area contributed by atoms with Gasteiger partial charge in [0.25, 0.3) is 5.91 Å². The molecule has 0 spiro atoms. The normalized spacial score (nSPS) is 10.4. The lowest BCUT2D eigenvalue weighted by Crippen LogP contribution is -2.24. The Balaban J connectivity index is 1.60. The maximum absolute atomic E-state index is 13.2. The molecule has 0 aliphatic carbocycles. The summed E-state index contributed by atoms with van der Waals surface area (Å²) in [6.45, 7) is 0.353. The predicted octanol–water partition coefficient (Wildman–Crippen LogP) is 4.60. The van der Waals surface area contributed by atoms with E-state index in [-0.39, 0.29) is 16.6 Å². The van der Waals surface area contributed by atoms with Crippen LogP contribution in [-0.2, 0) is 6.54 Å². The van der Waals surface area contributed by atoms with Crippen LogP contribution in [-0.4, -0.2) is 15.9 Å². The summed E-state index contributed by atoms with van der Waals surface area (Å²) < 4.78 is 13.2. The number of aromatic nitrogens is 2. The van der Waals surface area contributed by atoms with E-state index in [1.807, 2.05) is 12.1 Å². The first kappa shape index (κ1) is 18.1. The summed E-state index contributed by atoms with van der Waals surface area (Å²) in [4.78, 5) is 20.3. The molecule has 0 bridgehead atoms. The Bertz CT molecular complexity index is 917. The molecule has 3 rings (SSSR count). The fourth-order valence-corrected chi connectivity index (χ4v) is 2.41. The molecule has 3 aromatic rings. The summed E-state index contributed by atoms with van der Waals surface area (Å²) in [5, 5.41) is 6.32. The van der Waals surface area contributed by atoms with E-state index >= 15 is 0 Å². The molecule has 0 saturated carbocycles. The molecule has 1 aromatic heterocycles. The highest BCUT2D eigenvalue weighted by atomic mass is 35.5. The lowest BCUT2D eigenvalue weighted by molar-refractivity contribution is 0.0945. The van der Waals surface area contributed by atoms with Gasteiger partial charge in [-0.1, -0.05) is 35.3 Å². The summed E-state index contributed by atoms with van der Waals surface area (Å²) in [5.74, 6) is -0.443. The molecular weight excluding hydrogens is 378 g/mol. The van der Waals surface area contributed by atoms with Crippen LogP contribution in [0.25, 0.3) is 0 Å². The van der Waals surface area contributed by atoms with Crippen LogP contribution in [0.3, 0.4) is 0 Å². The third-order valence-electron chi connectivity index (χ3n) is 3.44. The summed E-state index contributed by atoms with van der Waals surface area (Å²) >= 11 is 11.6. The second kappa shape index (κ2) is 8.12. The Morgan fingerprint density at radius 1 is 1.04 bits per heavy atom. The summed E-state index contributed by atoms with van der Waals surface area (Å²) in [7, 11) is 0. The molecule has 2 aromatic carbocycles. The molecule has 0 radical (unpaired) electrons. The Morgan fingerprint density at radius 2 is 1.81 bits per heavy atom. The van der Waals surface area contributed by atoms with Crippen molar-refractivity contribution in [1.82, 2.24) is 15.3 Å². The minimum Gasteiger partial charge on any atom is -0.347 e. The first-order valence-corrected chi connectivity index (χ1v) is 8.33. The van der Waals surface area contributed by atoms with Crippen LogP contribution in [0.2, 0.25) is 10.0 Å². The molecule has 1 heterocycles. The van der Waals surface area contributed by atoms with Crippen LogP contribution in [0.5, 0.6) is 0 Å². The highest BCUT2D eigenvalue weighted by Crippen LogP contribution is 2.21. The van der Waals surface area contributed by atoms with Crippen molar-refractivity contribution in [1.29, 1.82) is 0 Å². The first-order valence-electron chi connectivity index (χ1n) is 7.58. The van der Waals surface area contributed by atoms with E-state index in [2.05, 4.69) is 20.6 Å². The topological polar surface area (TPSA) is 66.9 Å². The van der Waals surface area contributed by atoms with Gasteiger partial charge in [0, 0.05) is 17.3 Å². The van der Waals surface area contributed by atoms with Gasteiger partial charge in [0.15, 0.2) is 0 Å². The van der Waals surface area contributed by atoms with Crippen molar-refractivity contribution in [2.45, 2.75) is 6.54 Å². The first-order chi connectivity index (χ1) is 12.5. The Kier molecular flexibility index (Phi) is 5.65. The molecule has 0 fully saturated rings. The van der Waals surface area contributed by atoms with E-state index in [0.29, 0.717) is 23.1 Å². The van der Waals surface area contributed by atoms with E-state index in [1.165, 1.54) is 30.6 Å². The number of anilines is 2. The van der Waals surface area contributed by atoms with Gasteiger partial charge >= 0.3 is 0 Å². The van der Waals surface area contributed by atoms with Crippen molar-refractivity contribution < 1.29 is 9.18 Å². The van der Waals surface area contributed by atoms with Gasteiger partial charge in [0.1, 0.15) is 17.3 Å². The number of halogens is 3. The average molecular weight is 391 g/mol. The molecule has 8 heteroatoms. The molecule has 132 valence electrons. The highest BCUT2D eigenvalue weighted by molar-refractivity contribution is 6.31. The van der Waals surface area contributed by atoms with E-state index in [1.54, 1.807) is 12.1 Å². The molecule has 2 N–H and O–H groups in total. The number of hydrogen-bond acceptors (Lipinski definition) is 4. The van der Waals surface area contributed by atoms with E-state index < -0.39 is 5.82 Å². The third-order valence-corrected chi connectivity index (χ3v) is 3.98. The third kappa shape index (κ3) is 4.68. The zero-order valence-corrected chi connectivity index (χ0v) is 14.9. The minimum absolute atomic E-state index is 0.00107. The van der Waals surface area contributed by atoms with Crippen molar-refractivity contribution in [3.05, 3.63) is 82.0 Å². The average Bonchev–Trinajstić information content (AvgIpc) is 2.65. The molecule has 0 unspecified atom stereocenters. The Hall–Kier alpha value is -2.70. The zero-order valence-electron chi connectivity index (χ0n) is 13.3. The lowest BCUT2D eigenvalue weighted by Gasteiger charge is -2.07. The monoisotopic (exact) mass is 390 g/mol. The van der Waals surface area contributed by atoms with Crippen LogP contribution in [0.4, 0.5) is 15.9 Å². The van der Waals surface area contributed by atoms with Crippen LogP contribution < -0.4 is 10.6 Å². The van der Waals surface area contributed by atoms with Gasteiger partial charge in [0.05, 0.1) is 17.4 Å². The predicted molar refractivity (Wildman–Crippen MR) is 99.3 cm³/mol. The highest BCUT2D eigenvalue weighted by Gasteiger charge is 2.08. The molecule has 0 aliphatic rings. The second-order valence-corrected chi connectivity index (χ2v) is 6.19. The molecule has 1 amide bonds. The van der Waals surface area contributed by atoms with Crippen molar-refractivity contribution in [3.8, 4) is 0 Å². The standard InChI is InChI=1S/C18H13Cl2FN4O/c19-12-3-1-11(2-4-12)8-24-18(26)16-9-23-17(10-22-16)25-13-5-6-15(21)14(20)7-13/h1-7,9-10H,8H2,(H,23,25)(H,24,26). The van der Waals surface area contributed by atoms with Crippen LogP contribution >= 0.6 is 23.2 Å². The minimum atomic E-state index is -0.504. The number of carbonyl (C=O) groups excluding carboxylic acids is 1. The van der Waals surface area contributed by atoms with E-state index in [0.717, 1.165) is 5.56 Å². The summed E-state index contributed by atoms with van der Waals surface area (Å²) in [6, 6.07) is 11.4. The van der Waals surface area contributed by atoms with Crippen molar-refractivity contribution >= 4 is 40.6 Å². The molecule has 26 heavy (non-hydrogen) atoms. The number of amides is 1. The number of nitrogens with zero attached hydrogens (tertiary/aromatic N) is 2. The molecule has 0 saturated heterocycles. The lowest BCUT2D eigenvalue weighted by atomic mass is 10.2. The van der Waals surface area contributed by atoms with Gasteiger partial charge in [0.2, 0.25) is 0 Å². The van der Waals surface area contributed by atoms with E-state index in [4.69, 9.17) is 23.2 Å². The largest absolute Gasteiger partial charge is 0.347 e. The fraction of sp³-hybridized carbons (Fsp3) is 0.0556. The van der Waals surface area contributed by atoms with Gasteiger partial charge in [-0.15, -0.1) is 0 Å². The molecule has 5 nitrogen and oxygen atoms in total. The van der Waals surface area contributed by atoms with Crippen LogP contribution in [0, 0.1) is 5.82 Å². The van der Waals surface area contributed by atoms with Crippen molar-refractivity contribution in [2.24, 2.45) is 0 Å². The van der Waals surface area contributed by atoms with Crippen LogP contribution in [0.15, 0.2) is 54.9 Å². The SMILES string of the molecule is O=C(NCc1ccc(Cl)cc1)c1cnc(Nc2ccc(F)c(Cl)c2)cn1. The summed E-state index contributed by atoms with van der Waals surface area (Å²) in [6.07, 6.45) is 2.76. The van der Waals surface area contributed by atoms with E-state index in [9.17, 15) is 9.18 Å². The van der Waals surface area contributed by atoms with Gasteiger partial charge < -0.3 is 10.6 Å². The Labute approximate surface area is 159 Å². The number of benzene rings is 2. The van der Waals surface area contributed by atoms with Crippen molar-refractivity contribution in [2.75, 3.05) is 5.32 Å². The van der Waals surface area contributed by atoms with Gasteiger partial charge in [-0.2, -0.15) is 0 Å². The Morgan fingerprint density at radius 3 is 2.46 bits per heavy atom. The van der Waals surface area contributed by atoms with Gasteiger partial charge in [-0.25, -0.2) is 14.4 Å².